The molecule has 0 bridgehead atoms. The van der Waals surface area contributed by atoms with Crippen molar-refractivity contribution in [2.45, 2.75) is 35.9 Å². The van der Waals surface area contributed by atoms with Gasteiger partial charge in [-0.2, -0.15) is 9.82 Å². The fourth-order valence-electron chi connectivity index (χ4n) is 3.16. The van der Waals surface area contributed by atoms with Crippen LogP contribution in [-0.2, 0) is 14.8 Å². The number of sulfonamides is 1. The first-order valence-corrected chi connectivity index (χ1v) is 11.5. The number of thiophene rings is 1. The lowest BCUT2D eigenvalue weighted by molar-refractivity contribution is -0.145. The lowest BCUT2D eigenvalue weighted by atomic mass is 9.79. The monoisotopic (exact) mass is 453 g/mol. The number of carbonyl (C=O) groups is 1. The Hall–Kier alpha value is -2.20. The summed E-state index contributed by atoms with van der Waals surface area (Å²) in [6.45, 7) is 3.36. The molecule has 2 aromatic heterocycles. The lowest BCUT2D eigenvalue weighted by Gasteiger charge is -2.35. The smallest absolute Gasteiger partial charge is 0.325 e. The molecule has 3 aromatic rings. The Kier molecular flexibility index (Phi) is 6.13. The SMILES string of the molecule is CC[C@@](NS(=O)(=O)c1ccc(-n2cc(Cl)cn2)s1)(C(=O)O)C(C)c1ccccc1. The molecule has 29 heavy (non-hydrogen) atoms. The Labute approximate surface area is 178 Å². The molecule has 3 rings (SSSR count). The predicted molar refractivity (Wildman–Crippen MR) is 112 cm³/mol. The minimum Gasteiger partial charge on any atom is -0.480 e. The second-order valence-corrected chi connectivity index (χ2v) is 9.97. The molecule has 1 aromatic carbocycles. The number of carboxylic acids is 1. The third-order valence-electron chi connectivity index (χ3n) is 4.90. The summed E-state index contributed by atoms with van der Waals surface area (Å²) < 4.78 is 30.1. The number of rotatable bonds is 8. The Morgan fingerprint density at radius 3 is 2.55 bits per heavy atom. The third-order valence-corrected chi connectivity index (χ3v) is 8.18. The Morgan fingerprint density at radius 1 is 1.31 bits per heavy atom. The van der Waals surface area contributed by atoms with Crippen LogP contribution >= 0.6 is 22.9 Å². The summed E-state index contributed by atoms with van der Waals surface area (Å²) in [6, 6.07) is 12.0. The van der Waals surface area contributed by atoms with Crippen molar-refractivity contribution in [2.75, 3.05) is 0 Å². The molecule has 7 nitrogen and oxygen atoms in total. The van der Waals surface area contributed by atoms with Crippen molar-refractivity contribution in [3.63, 3.8) is 0 Å². The second kappa shape index (κ2) is 8.27. The van der Waals surface area contributed by atoms with Crippen molar-refractivity contribution in [3.05, 3.63) is 65.4 Å². The second-order valence-electron chi connectivity index (χ2n) is 6.56. The third kappa shape index (κ3) is 4.23. The molecule has 0 aliphatic heterocycles. The highest BCUT2D eigenvalue weighted by Gasteiger charge is 2.46. The topological polar surface area (TPSA) is 101 Å². The highest BCUT2D eigenvalue weighted by molar-refractivity contribution is 7.91. The molecular formula is C19H20ClN3O4S2. The van der Waals surface area contributed by atoms with E-state index in [-0.39, 0.29) is 10.6 Å². The molecule has 154 valence electrons. The first kappa shape index (κ1) is 21.5. The van der Waals surface area contributed by atoms with Gasteiger partial charge in [0.2, 0.25) is 0 Å². The maximum Gasteiger partial charge on any atom is 0.325 e. The minimum atomic E-state index is -4.09. The highest BCUT2D eigenvalue weighted by atomic mass is 35.5. The van der Waals surface area contributed by atoms with Crippen molar-refractivity contribution in [2.24, 2.45) is 0 Å². The molecule has 1 unspecified atom stereocenters. The van der Waals surface area contributed by atoms with Gasteiger partial charge in [0.15, 0.2) is 0 Å². The van der Waals surface area contributed by atoms with Crippen molar-refractivity contribution in [3.8, 4) is 5.00 Å². The number of nitrogens with zero attached hydrogens (tertiary/aromatic N) is 2. The average molecular weight is 454 g/mol. The molecule has 2 heterocycles. The number of aromatic nitrogens is 2. The fraction of sp³-hybridized carbons (Fsp3) is 0.263. The van der Waals surface area contributed by atoms with E-state index in [2.05, 4.69) is 9.82 Å². The van der Waals surface area contributed by atoms with Crippen LogP contribution in [0.15, 0.2) is 59.1 Å². The van der Waals surface area contributed by atoms with Crippen molar-refractivity contribution < 1.29 is 18.3 Å². The van der Waals surface area contributed by atoms with Gasteiger partial charge in [0.1, 0.15) is 14.7 Å². The maximum atomic E-state index is 13.1. The number of hydrogen-bond acceptors (Lipinski definition) is 5. The van der Waals surface area contributed by atoms with E-state index in [0.29, 0.717) is 10.0 Å². The van der Waals surface area contributed by atoms with Gasteiger partial charge in [0.25, 0.3) is 10.0 Å². The number of hydrogen-bond donors (Lipinski definition) is 2. The summed E-state index contributed by atoms with van der Waals surface area (Å²) >= 11 is 6.84. The molecule has 2 atom stereocenters. The zero-order chi connectivity index (χ0) is 21.2. The minimum absolute atomic E-state index is 0.00143. The van der Waals surface area contributed by atoms with Gasteiger partial charge in [-0.1, -0.05) is 55.8 Å². The molecule has 0 saturated carbocycles. The van der Waals surface area contributed by atoms with E-state index in [1.54, 1.807) is 50.4 Å². The normalized spacial score (nSPS) is 15.0. The number of aliphatic carboxylic acids is 1. The number of carboxylic acid groups (broad SMARTS) is 1. The molecule has 0 saturated heterocycles. The summed E-state index contributed by atoms with van der Waals surface area (Å²) in [5.74, 6) is -1.82. The molecule has 0 radical (unpaired) electrons. The van der Waals surface area contributed by atoms with Gasteiger partial charge >= 0.3 is 5.97 Å². The van der Waals surface area contributed by atoms with Crippen LogP contribution in [-0.4, -0.2) is 34.8 Å². The molecule has 0 aliphatic carbocycles. The summed E-state index contributed by atoms with van der Waals surface area (Å²) in [4.78, 5) is 12.3. The van der Waals surface area contributed by atoms with Gasteiger partial charge in [0.05, 0.1) is 17.4 Å². The molecular weight excluding hydrogens is 434 g/mol. The van der Waals surface area contributed by atoms with Gasteiger partial charge in [-0.15, -0.1) is 11.3 Å². The number of halogens is 1. The Morgan fingerprint density at radius 2 is 2.00 bits per heavy atom. The summed E-state index contributed by atoms with van der Waals surface area (Å²) in [7, 11) is -4.09. The summed E-state index contributed by atoms with van der Waals surface area (Å²) in [5, 5.41) is 15.0. The van der Waals surface area contributed by atoms with Crippen molar-refractivity contribution in [1.29, 1.82) is 0 Å². The molecule has 2 N–H and O–H groups in total. The van der Waals surface area contributed by atoms with E-state index in [4.69, 9.17) is 11.6 Å². The Bertz CT molecular complexity index is 1110. The summed E-state index contributed by atoms with van der Waals surface area (Å²) in [5.41, 5.74) is -0.961. The van der Waals surface area contributed by atoms with E-state index in [9.17, 15) is 18.3 Å². The van der Waals surface area contributed by atoms with Crippen LogP contribution in [0.2, 0.25) is 5.02 Å². The van der Waals surface area contributed by atoms with Crippen LogP contribution in [0.1, 0.15) is 31.7 Å². The molecule has 0 fully saturated rings. The van der Waals surface area contributed by atoms with Gasteiger partial charge < -0.3 is 5.11 Å². The van der Waals surface area contributed by atoms with Crippen molar-refractivity contribution in [1.82, 2.24) is 14.5 Å². The van der Waals surface area contributed by atoms with E-state index in [1.165, 1.54) is 16.9 Å². The van der Waals surface area contributed by atoms with Gasteiger partial charge in [-0.05, 0) is 24.1 Å². The molecule has 0 amide bonds. The number of nitrogens with one attached hydrogen (secondary N) is 1. The zero-order valence-electron chi connectivity index (χ0n) is 15.7. The van der Waals surface area contributed by atoms with Gasteiger partial charge in [0, 0.05) is 5.92 Å². The van der Waals surface area contributed by atoms with E-state index >= 15 is 0 Å². The quantitative estimate of drug-likeness (QED) is 0.538. The predicted octanol–water partition coefficient (Wildman–Crippen LogP) is 3.90. The largest absolute Gasteiger partial charge is 0.480 e. The first-order chi connectivity index (χ1) is 13.7. The van der Waals surface area contributed by atoms with E-state index in [1.807, 2.05) is 6.07 Å². The van der Waals surface area contributed by atoms with Crippen molar-refractivity contribution >= 4 is 38.9 Å². The van der Waals surface area contributed by atoms with Crippen LogP contribution in [0.25, 0.3) is 5.00 Å². The maximum absolute atomic E-state index is 13.1. The van der Waals surface area contributed by atoms with Gasteiger partial charge in [-0.3, -0.25) is 4.79 Å². The van der Waals surface area contributed by atoms with Crippen LogP contribution in [0, 0.1) is 0 Å². The average Bonchev–Trinajstić information content (AvgIpc) is 3.35. The standard InChI is InChI=1S/C19H20ClN3O4S2/c1-3-19(18(24)25,13(2)14-7-5-4-6-8-14)22-29(26,27)17-10-9-16(28-17)23-12-15(20)11-21-23/h4-13,22H,3H2,1-2H3,(H,24,25)/t13?,19-/m0/s1. The molecule has 10 heteroatoms. The number of benzene rings is 1. The fourth-order valence-corrected chi connectivity index (χ4v) is 6.03. The van der Waals surface area contributed by atoms with Gasteiger partial charge in [-0.25, -0.2) is 13.1 Å². The highest BCUT2D eigenvalue weighted by Crippen LogP contribution is 2.34. The van der Waals surface area contributed by atoms with E-state index in [0.717, 1.165) is 16.9 Å². The summed E-state index contributed by atoms with van der Waals surface area (Å²) in [6.07, 6.45) is 3.08. The first-order valence-electron chi connectivity index (χ1n) is 8.82. The lowest BCUT2D eigenvalue weighted by Crippen LogP contribution is -2.57. The Balaban J connectivity index is 1.97. The van der Waals surface area contributed by atoms with E-state index < -0.39 is 27.4 Å². The van der Waals surface area contributed by atoms with Crippen LogP contribution in [0.3, 0.4) is 0 Å². The van der Waals surface area contributed by atoms with Crippen LogP contribution < -0.4 is 4.72 Å². The van der Waals surface area contributed by atoms with Crippen LogP contribution in [0.4, 0.5) is 0 Å². The molecule has 0 spiro atoms. The molecule has 0 aliphatic rings. The van der Waals surface area contributed by atoms with Crippen LogP contribution in [0.5, 0.6) is 0 Å². The zero-order valence-corrected chi connectivity index (χ0v) is 18.1.